The second-order valence-electron chi connectivity index (χ2n) is 7.20. The number of piperidine rings is 1. The Balaban J connectivity index is 1.52. The molecule has 1 atom stereocenters. The summed E-state index contributed by atoms with van der Waals surface area (Å²) in [5.74, 6) is 0.930. The number of sulfonamides is 1. The first-order chi connectivity index (χ1) is 14.0. The summed E-state index contributed by atoms with van der Waals surface area (Å²) in [6, 6.07) is 14.9. The van der Waals surface area contributed by atoms with Crippen molar-refractivity contribution >= 4 is 21.8 Å². The number of nitrogens with zero attached hydrogens (tertiary/aromatic N) is 3. The lowest BCUT2D eigenvalue weighted by atomic mass is 10.00. The first-order valence-electron chi connectivity index (χ1n) is 9.52. The smallest absolute Gasteiger partial charge is 0.243 e. The monoisotopic (exact) mass is 429 g/mol. The van der Waals surface area contributed by atoms with Crippen molar-refractivity contribution in [2.45, 2.75) is 35.5 Å². The van der Waals surface area contributed by atoms with Crippen LogP contribution < -0.4 is 0 Å². The van der Waals surface area contributed by atoms with Gasteiger partial charge >= 0.3 is 0 Å². The number of rotatable bonds is 5. The van der Waals surface area contributed by atoms with Crippen LogP contribution in [0.3, 0.4) is 0 Å². The molecule has 152 valence electrons. The molecule has 4 rings (SSSR count). The summed E-state index contributed by atoms with van der Waals surface area (Å²) in [5, 5.41) is 4.11. The fourth-order valence-electron chi connectivity index (χ4n) is 3.48. The van der Waals surface area contributed by atoms with E-state index in [2.05, 4.69) is 10.1 Å². The molecule has 2 aromatic carbocycles. The van der Waals surface area contributed by atoms with Gasteiger partial charge in [-0.15, -0.1) is 11.8 Å². The summed E-state index contributed by atoms with van der Waals surface area (Å²) < 4.78 is 33.1. The maximum atomic E-state index is 13.0. The van der Waals surface area contributed by atoms with Gasteiger partial charge in [-0.05, 0) is 62.4 Å². The van der Waals surface area contributed by atoms with Crippen LogP contribution >= 0.6 is 11.8 Å². The van der Waals surface area contributed by atoms with E-state index >= 15 is 0 Å². The first kappa shape index (κ1) is 20.1. The molecule has 8 heteroatoms. The highest BCUT2D eigenvalue weighted by Gasteiger charge is 2.33. The van der Waals surface area contributed by atoms with Crippen LogP contribution in [-0.2, 0) is 10.0 Å². The standard InChI is InChI=1S/C21H23N3O3S2/c1-15-5-11-19(12-6-15)29(25,26)24-13-3-4-17(14-24)21-22-20(23-27-21)16-7-9-18(28-2)10-8-16/h5-12,17H,3-4,13-14H2,1-2H3/t17-/m0/s1. The van der Waals surface area contributed by atoms with Crippen LogP contribution in [-0.4, -0.2) is 42.2 Å². The Kier molecular flexibility index (Phi) is 5.76. The quantitative estimate of drug-likeness (QED) is 0.562. The van der Waals surface area contributed by atoms with E-state index in [0.29, 0.717) is 29.7 Å². The fraction of sp³-hybridized carbons (Fsp3) is 0.333. The van der Waals surface area contributed by atoms with Gasteiger partial charge in [0.25, 0.3) is 0 Å². The third-order valence-corrected chi connectivity index (χ3v) is 7.81. The Bertz CT molecular complexity index is 1080. The van der Waals surface area contributed by atoms with Crippen molar-refractivity contribution in [3.63, 3.8) is 0 Å². The third-order valence-electron chi connectivity index (χ3n) is 5.18. The van der Waals surface area contributed by atoms with E-state index in [-0.39, 0.29) is 5.92 Å². The van der Waals surface area contributed by atoms with Gasteiger partial charge in [0.1, 0.15) is 0 Å². The number of benzene rings is 2. The molecule has 0 aliphatic carbocycles. The molecule has 0 amide bonds. The normalized spacial score (nSPS) is 18.1. The lowest BCUT2D eigenvalue weighted by molar-refractivity contribution is 0.265. The largest absolute Gasteiger partial charge is 0.339 e. The molecule has 0 unspecified atom stereocenters. The van der Waals surface area contributed by atoms with E-state index < -0.39 is 10.0 Å². The molecule has 1 aliphatic heterocycles. The van der Waals surface area contributed by atoms with Gasteiger partial charge < -0.3 is 4.52 Å². The molecule has 0 bridgehead atoms. The van der Waals surface area contributed by atoms with Crippen LogP contribution in [0.5, 0.6) is 0 Å². The number of hydrogen-bond donors (Lipinski definition) is 0. The van der Waals surface area contributed by atoms with Gasteiger partial charge in [-0.3, -0.25) is 0 Å². The van der Waals surface area contributed by atoms with Crippen molar-refractivity contribution < 1.29 is 12.9 Å². The number of aryl methyl sites for hydroxylation is 1. The fourth-order valence-corrected chi connectivity index (χ4v) is 5.41. The lowest BCUT2D eigenvalue weighted by Crippen LogP contribution is -2.39. The molecule has 0 spiro atoms. The van der Waals surface area contributed by atoms with Gasteiger partial charge in [0.2, 0.25) is 21.7 Å². The maximum Gasteiger partial charge on any atom is 0.243 e. The molecule has 0 saturated carbocycles. The molecule has 1 saturated heterocycles. The Hall–Kier alpha value is -2.16. The van der Waals surface area contributed by atoms with E-state index in [9.17, 15) is 8.42 Å². The maximum absolute atomic E-state index is 13.0. The molecule has 0 N–H and O–H groups in total. The average molecular weight is 430 g/mol. The highest BCUT2D eigenvalue weighted by atomic mass is 32.2. The van der Waals surface area contributed by atoms with Crippen molar-refractivity contribution in [1.29, 1.82) is 0 Å². The zero-order chi connectivity index (χ0) is 20.4. The minimum absolute atomic E-state index is 0.101. The second kappa shape index (κ2) is 8.30. The Morgan fingerprint density at radius 1 is 1.10 bits per heavy atom. The van der Waals surface area contributed by atoms with E-state index in [1.165, 1.54) is 9.20 Å². The van der Waals surface area contributed by atoms with Gasteiger partial charge in [-0.2, -0.15) is 9.29 Å². The van der Waals surface area contributed by atoms with Gasteiger partial charge in [-0.25, -0.2) is 8.42 Å². The molecule has 2 heterocycles. The van der Waals surface area contributed by atoms with Gasteiger partial charge in [0, 0.05) is 23.5 Å². The third kappa shape index (κ3) is 4.24. The summed E-state index contributed by atoms with van der Waals surface area (Å²) in [6.07, 6.45) is 3.61. The predicted octanol–water partition coefficient (Wildman–Crippen LogP) is 4.34. The summed E-state index contributed by atoms with van der Waals surface area (Å²) in [5.41, 5.74) is 1.92. The molecule has 29 heavy (non-hydrogen) atoms. The van der Waals surface area contributed by atoms with Crippen LogP contribution in [0.1, 0.15) is 30.2 Å². The number of thioether (sulfide) groups is 1. The van der Waals surface area contributed by atoms with Gasteiger partial charge in [0.15, 0.2) is 0 Å². The number of hydrogen-bond acceptors (Lipinski definition) is 6. The second-order valence-corrected chi connectivity index (χ2v) is 10.0. The minimum Gasteiger partial charge on any atom is -0.339 e. The van der Waals surface area contributed by atoms with Crippen LogP contribution in [0.25, 0.3) is 11.4 Å². The highest BCUT2D eigenvalue weighted by molar-refractivity contribution is 7.98. The molecular formula is C21H23N3O3S2. The summed E-state index contributed by atoms with van der Waals surface area (Å²) in [6.45, 7) is 2.79. The van der Waals surface area contributed by atoms with Crippen LogP contribution in [0.2, 0.25) is 0 Å². The van der Waals surface area contributed by atoms with Gasteiger partial charge in [0.05, 0.1) is 10.8 Å². The topological polar surface area (TPSA) is 76.3 Å². The summed E-state index contributed by atoms with van der Waals surface area (Å²) >= 11 is 1.68. The Labute approximate surface area is 175 Å². The van der Waals surface area contributed by atoms with E-state index in [1.807, 2.05) is 49.6 Å². The zero-order valence-corrected chi connectivity index (χ0v) is 18.0. The Morgan fingerprint density at radius 3 is 2.52 bits per heavy atom. The zero-order valence-electron chi connectivity index (χ0n) is 16.4. The molecule has 1 aromatic heterocycles. The van der Waals surface area contributed by atoms with E-state index in [0.717, 1.165) is 24.0 Å². The SMILES string of the molecule is CSc1ccc(-c2noc([C@H]3CCCN(S(=O)(=O)c4ccc(C)cc4)C3)n2)cc1. The Morgan fingerprint density at radius 2 is 1.83 bits per heavy atom. The van der Waals surface area contributed by atoms with Crippen LogP contribution in [0.15, 0.2) is 62.8 Å². The average Bonchev–Trinajstić information content (AvgIpc) is 3.24. The van der Waals surface area contributed by atoms with E-state index in [4.69, 9.17) is 4.52 Å². The molecule has 6 nitrogen and oxygen atoms in total. The molecular weight excluding hydrogens is 406 g/mol. The van der Waals surface area contributed by atoms with Crippen molar-refractivity contribution in [1.82, 2.24) is 14.4 Å². The summed E-state index contributed by atoms with van der Waals surface area (Å²) in [4.78, 5) is 6.05. The molecule has 3 aromatic rings. The van der Waals surface area contributed by atoms with Crippen molar-refractivity contribution in [2.24, 2.45) is 0 Å². The summed E-state index contributed by atoms with van der Waals surface area (Å²) in [7, 11) is -3.53. The van der Waals surface area contributed by atoms with Gasteiger partial charge in [-0.1, -0.05) is 22.9 Å². The first-order valence-corrected chi connectivity index (χ1v) is 12.2. The number of aromatic nitrogens is 2. The molecule has 0 radical (unpaired) electrons. The highest BCUT2D eigenvalue weighted by Crippen LogP contribution is 2.31. The van der Waals surface area contributed by atoms with Crippen molar-refractivity contribution in [2.75, 3.05) is 19.3 Å². The lowest BCUT2D eigenvalue weighted by Gasteiger charge is -2.30. The molecule has 1 aliphatic rings. The van der Waals surface area contributed by atoms with E-state index in [1.54, 1.807) is 23.9 Å². The van der Waals surface area contributed by atoms with Crippen LogP contribution in [0, 0.1) is 6.92 Å². The minimum atomic E-state index is -3.53. The van der Waals surface area contributed by atoms with Crippen molar-refractivity contribution in [3.8, 4) is 11.4 Å². The van der Waals surface area contributed by atoms with Crippen molar-refractivity contribution in [3.05, 3.63) is 60.0 Å². The molecule has 1 fully saturated rings. The van der Waals surface area contributed by atoms with Crippen LogP contribution in [0.4, 0.5) is 0 Å². The predicted molar refractivity (Wildman–Crippen MR) is 113 cm³/mol.